The van der Waals surface area contributed by atoms with E-state index in [2.05, 4.69) is 18.7 Å². The van der Waals surface area contributed by atoms with E-state index in [1.165, 1.54) is 0 Å². The lowest BCUT2D eigenvalue weighted by molar-refractivity contribution is -0.0707. The van der Waals surface area contributed by atoms with E-state index < -0.39 is 10.0 Å². The van der Waals surface area contributed by atoms with E-state index in [0.717, 1.165) is 43.6 Å². The lowest BCUT2D eigenvalue weighted by atomic mass is 10.1. The van der Waals surface area contributed by atoms with Gasteiger partial charge in [-0.15, -0.1) is 0 Å². The fourth-order valence-corrected chi connectivity index (χ4v) is 6.61. The summed E-state index contributed by atoms with van der Waals surface area (Å²) in [5.74, 6) is 0. The summed E-state index contributed by atoms with van der Waals surface area (Å²) in [4.78, 5) is 2.77. The molecular formula is C23H30N2O3S. The van der Waals surface area contributed by atoms with Crippen molar-refractivity contribution >= 4 is 10.0 Å². The van der Waals surface area contributed by atoms with Crippen LogP contribution in [0.2, 0.25) is 0 Å². The van der Waals surface area contributed by atoms with E-state index in [1.54, 1.807) is 10.4 Å². The lowest BCUT2D eigenvalue weighted by Gasteiger charge is -2.38. The van der Waals surface area contributed by atoms with Crippen molar-refractivity contribution < 1.29 is 13.2 Å². The summed E-state index contributed by atoms with van der Waals surface area (Å²) in [5, 5.41) is 0. The average molecular weight is 415 g/mol. The molecule has 0 saturated carbocycles. The highest BCUT2D eigenvalue weighted by Crippen LogP contribution is 2.33. The molecule has 0 spiro atoms. The van der Waals surface area contributed by atoms with E-state index in [9.17, 15) is 8.42 Å². The van der Waals surface area contributed by atoms with Crippen LogP contribution in [0.1, 0.15) is 26.7 Å². The van der Waals surface area contributed by atoms with Crippen molar-refractivity contribution in [1.82, 2.24) is 9.21 Å². The van der Waals surface area contributed by atoms with Gasteiger partial charge in [-0.25, -0.2) is 8.42 Å². The van der Waals surface area contributed by atoms with Crippen molar-refractivity contribution in [2.24, 2.45) is 0 Å². The molecule has 5 nitrogen and oxygen atoms in total. The first kappa shape index (κ1) is 20.5. The molecule has 2 fully saturated rings. The minimum Gasteiger partial charge on any atom is -0.373 e. The fourth-order valence-electron chi connectivity index (χ4n) is 4.71. The molecule has 2 aromatic carbocycles. The van der Waals surface area contributed by atoms with Gasteiger partial charge in [-0.05, 0) is 38.3 Å². The number of rotatable bonds is 5. The number of ether oxygens (including phenoxy) is 1. The molecule has 2 heterocycles. The molecule has 3 atom stereocenters. The second kappa shape index (κ2) is 8.56. The third-order valence-corrected chi connectivity index (χ3v) is 7.86. The highest BCUT2D eigenvalue weighted by atomic mass is 32.2. The maximum Gasteiger partial charge on any atom is 0.243 e. The maximum atomic E-state index is 13.7. The Labute approximate surface area is 174 Å². The Hall–Kier alpha value is -1.73. The minimum absolute atomic E-state index is 0.0151. The van der Waals surface area contributed by atoms with Crippen LogP contribution in [0.3, 0.4) is 0 Å². The van der Waals surface area contributed by atoms with Gasteiger partial charge in [0.05, 0.1) is 17.1 Å². The van der Waals surface area contributed by atoms with Crippen LogP contribution < -0.4 is 0 Å². The Morgan fingerprint density at radius 3 is 2.34 bits per heavy atom. The molecule has 0 aromatic heterocycles. The van der Waals surface area contributed by atoms with Crippen molar-refractivity contribution in [1.29, 1.82) is 0 Å². The number of nitrogens with zero attached hydrogens (tertiary/aromatic N) is 2. The van der Waals surface area contributed by atoms with E-state index in [4.69, 9.17) is 4.74 Å². The SMILES string of the molecule is CC1CN(CC2CCCN2S(=O)(=O)c2ccccc2-c2ccccc2)CC(C)O1. The van der Waals surface area contributed by atoms with E-state index >= 15 is 0 Å². The highest BCUT2D eigenvalue weighted by Gasteiger charge is 2.38. The van der Waals surface area contributed by atoms with Crippen LogP contribution >= 0.6 is 0 Å². The van der Waals surface area contributed by atoms with E-state index in [0.29, 0.717) is 11.4 Å². The standard InChI is InChI=1S/C23H30N2O3S/c1-18-15-24(16-19(2)28-18)17-21-11-8-14-25(21)29(26,27)23-13-7-6-12-22(23)20-9-4-3-5-10-20/h3-7,9-10,12-13,18-19,21H,8,11,14-17H2,1-2H3. The molecule has 6 heteroatoms. The molecule has 2 saturated heterocycles. The van der Waals surface area contributed by atoms with Crippen molar-refractivity contribution in [3.05, 3.63) is 54.6 Å². The number of benzene rings is 2. The third-order valence-electron chi connectivity index (χ3n) is 5.85. The first-order valence-electron chi connectivity index (χ1n) is 10.5. The highest BCUT2D eigenvalue weighted by molar-refractivity contribution is 7.89. The topological polar surface area (TPSA) is 49.9 Å². The molecule has 2 aliphatic heterocycles. The smallest absolute Gasteiger partial charge is 0.243 e. The summed E-state index contributed by atoms with van der Waals surface area (Å²) in [6.45, 7) is 7.24. The molecule has 2 aromatic rings. The van der Waals surface area contributed by atoms with Crippen LogP contribution in [0.5, 0.6) is 0 Å². The molecule has 0 bridgehead atoms. The van der Waals surface area contributed by atoms with Gasteiger partial charge in [0.15, 0.2) is 0 Å². The van der Waals surface area contributed by atoms with E-state index in [1.807, 2.05) is 48.5 Å². The predicted molar refractivity (Wildman–Crippen MR) is 115 cm³/mol. The van der Waals surface area contributed by atoms with Crippen LogP contribution in [-0.2, 0) is 14.8 Å². The van der Waals surface area contributed by atoms with Gasteiger partial charge >= 0.3 is 0 Å². The number of morpholine rings is 1. The zero-order chi connectivity index (χ0) is 20.4. The number of sulfonamides is 1. The first-order chi connectivity index (χ1) is 13.9. The van der Waals surface area contributed by atoms with Gasteiger partial charge in [0.1, 0.15) is 0 Å². The van der Waals surface area contributed by atoms with Gasteiger partial charge in [-0.3, -0.25) is 4.90 Å². The molecule has 29 heavy (non-hydrogen) atoms. The maximum absolute atomic E-state index is 13.7. The molecule has 2 aliphatic rings. The summed E-state index contributed by atoms with van der Waals surface area (Å²) >= 11 is 0. The molecule has 156 valence electrons. The van der Waals surface area contributed by atoms with E-state index in [-0.39, 0.29) is 18.2 Å². The lowest BCUT2D eigenvalue weighted by Crippen LogP contribution is -2.50. The Morgan fingerprint density at radius 1 is 0.966 bits per heavy atom. The van der Waals surface area contributed by atoms with Crippen molar-refractivity contribution in [2.75, 3.05) is 26.2 Å². The minimum atomic E-state index is -3.57. The third kappa shape index (κ3) is 4.40. The molecule has 4 rings (SSSR count). The van der Waals surface area contributed by atoms with Crippen LogP contribution in [0.25, 0.3) is 11.1 Å². The second-order valence-corrected chi connectivity index (χ2v) is 10.1. The average Bonchev–Trinajstić information content (AvgIpc) is 3.17. The van der Waals surface area contributed by atoms with Gasteiger partial charge < -0.3 is 4.74 Å². The van der Waals surface area contributed by atoms with Crippen molar-refractivity contribution in [3.8, 4) is 11.1 Å². The number of hydrogen-bond donors (Lipinski definition) is 0. The summed E-state index contributed by atoms with van der Waals surface area (Å²) < 4.78 is 35.0. The normalized spacial score (nSPS) is 26.6. The quantitative estimate of drug-likeness (QED) is 0.750. The molecule has 0 aliphatic carbocycles. The van der Waals surface area contributed by atoms with Gasteiger partial charge in [0.2, 0.25) is 10.0 Å². The zero-order valence-corrected chi connectivity index (χ0v) is 18.0. The van der Waals surface area contributed by atoms with Crippen molar-refractivity contribution in [2.45, 2.75) is 49.8 Å². The summed E-state index contributed by atoms with van der Waals surface area (Å²) in [7, 11) is -3.57. The van der Waals surface area contributed by atoms with Crippen LogP contribution in [0.4, 0.5) is 0 Å². The number of hydrogen-bond acceptors (Lipinski definition) is 4. The monoisotopic (exact) mass is 414 g/mol. The van der Waals surface area contributed by atoms with Crippen molar-refractivity contribution in [3.63, 3.8) is 0 Å². The molecule has 0 amide bonds. The van der Waals surface area contributed by atoms with Gasteiger partial charge in [0, 0.05) is 37.8 Å². The fraction of sp³-hybridized carbons (Fsp3) is 0.478. The second-order valence-electron chi connectivity index (χ2n) is 8.25. The molecule has 0 radical (unpaired) electrons. The Kier molecular flexibility index (Phi) is 6.06. The first-order valence-corrected chi connectivity index (χ1v) is 11.9. The van der Waals surface area contributed by atoms with Crippen LogP contribution in [-0.4, -0.2) is 62.1 Å². The molecular weight excluding hydrogens is 384 g/mol. The Balaban J connectivity index is 1.60. The summed E-state index contributed by atoms with van der Waals surface area (Å²) in [6.07, 6.45) is 2.19. The van der Waals surface area contributed by atoms with Crippen LogP contribution in [0, 0.1) is 0 Å². The summed E-state index contributed by atoms with van der Waals surface area (Å²) in [5.41, 5.74) is 1.70. The van der Waals surface area contributed by atoms with Gasteiger partial charge in [-0.1, -0.05) is 48.5 Å². The summed E-state index contributed by atoms with van der Waals surface area (Å²) in [6, 6.07) is 17.1. The zero-order valence-electron chi connectivity index (χ0n) is 17.2. The van der Waals surface area contributed by atoms with Gasteiger partial charge in [-0.2, -0.15) is 4.31 Å². The predicted octanol–water partition coefficient (Wildman–Crippen LogP) is 3.62. The molecule has 0 N–H and O–H groups in total. The van der Waals surface area contributed by atoms with Crippen LogP contribution in [0.15, 0.2) is 59.5 Å². The Bertz CT molecular complexity index is 922. The Morgan fingerprint density at radius 2 is 1.62 bits per heavy atom. The largest absolute Gasteiger partial charge is 0.373 e. The van der Waals surface area contributed by atoms with Gasteiger partial charge in [0.25, 0.3) is 0 Å². The molecule has 3 unspecified atom stereocenters.